The second kappa shape index (κ2) is 6.75. The Hall–Kier alpha value is -2.36. The molecule has 2 heterocycles. The van der Waals surface area contributed by atoms with E-state index in [4.69, 9.17) is 10.00 Å². The third kappa shape index (κ3) is 3.74. The van der Waals surface area contributed by atoms with Gasteiger partial charge in [-0.15, -0.1) is 0 Å². The lowest BCUT2D eigenvalue weighted by atomic mass is 9.91. The molecule has 2 aliphatic rings. The van der Waals surface area contributed by atoms with E-state index in [1.54, 1.807) is 6.07 Å². The first-order valence-electron chi connectivity index (χ1n) is 9.06. The lowest BCUT2D eigenvalue weighted by Crippen LogP contribution is -2.63. The molecule has 1 spiro atoms. The number of carbonyl (C=O) groups is 1. The molecule has 0 N–H and O–H groups in total. The molecule has 1 amide bonds. The number of aromatic nitrogens is 1. The van der Waals surface area contributed by atoms with E-state index in [0.29, 0.717) is 25.3 Å². The van der Waals surface area contributed by atoms with E-state index in [-0.39, 0.29) is 17.3 Å². The predicted molar refractivity (Wildman–Crippen MR) is 95.3 cm³/mol. The van der Waals surface area contributed by atoms with Crippen LogP contribution in [-0.4, -0.2) is 46.8 Å². The van der Waals surface area contributed by atoms with Crippen molar-refractivity contribution < 1.29 is 13.9 Å². The molecule has 26 heavy (non-hydrogen) atoms. The molecule has 0 bridgehead atoms. The fourth-order valence-electron chi connectivity index (χ4n) is 3.98. The fraction of sp³-hybridized carbons (Fsp3) is 0.632. The van der Waals surface area contributed by atoms with E-state index in [1.807, 2.05) is 31.7 Å². The maximum Gasteiger partial charge on any atom is 0.410 e. The summed E-state index contributed by atoms with van der Waals surface area (Å²) in [7, 11) is 0. The van der Waals surface area contributed by atoms with Crippen molar-refractivity contribution in [2.24, 2.45) is 0 Å². The van der Waals surface area contributed by atoms with Crippen molar-refractivity contribution in [3.8, 4) is 6.07 Å². The molecule has 6 nitrogen and oxygen atoms in total. The molecular weight excluding hydrogens is 335 g/mol. The maximum absolute atomic E-state index is 13.8. The Bertz CT molecular complexity index is 732. The normalized spacial score (nSPS) is 19.5. The lowest BCUT2D eigenvalue weighted by Gasteiger charge is -2.49. The number of hydrogen-bond donors (Lipinski definition) is 0. The van der Waals surface area contributed by atoms with Crippen molar-refractivity contribution in [1.29, 1.82) is 5.26 Å². The first kappa shape index (κ1) is 18.4. The van der Waals surface area contributed by atoms with Crippen molar-refractivity contribution in [1.82, 2.24) is 9.88 Å². The summed E-state index contributed by atoms with van der Waals surface area (Å²) in [5, 5.41) is 9.05. The number of pyridine rings is 1. The highest BCUT2D eigenvalue weighted by molar-refractivity contribution is 5.70. The molecule has 7 heteroatoms. The molecule has 1 aliphatic carbocycles. The molecule has 140 valence electrons. The van der Waals surface area contributed by atoms with Gasteiger partial charge in [-0.2, -0.15) is 9.65 Å². The Balaban J connectivity index is 1.85. The van der Waals surface area contributed by atoms with Crippen molar-refractivity contribution >= 4 is 11.8 Å². The largest absolute Gasteiger partial charge is 0.444 e. The van der Waals surface area contributed by atoms with Crippen LogP contribution in [0.4, 0.5) is 14.9 Å². The number of ether oxygens (including phenoxy) is 1. The Morgan fingerprint density at radius 1 is 1.31 bits per heavy atom. The van der Waals surface area contributed by atoms with Gasteiger partial charge < -0.3 is 9.64 Å². The molecule has 0 atom stereocenters. The highest BCUT2D eigenvalue weighted by atomic mass is 19.1. The smallest absolute Gasteiger partial charge is 0.410 e. The molecule has 1 saturated carbocycles. The van der Waals surface area contributed by atoms with Crippen LogP contribution < -0.4 is 4.90 Å². The van der Waals surface area contributed by atoms with Crippen LogP contribution in [0.2, 0.25) is 0 Å². The van der Waals surface area contributed by atoms with Gasteiger partial charge in [0, 0.05) is 31.4 Å². The van der Waals surface area contributed by atoms with Crippen LogP contribution in [0.1, 0.15) is 52.1 Å². The van der Waals surface area contributed by atoms with Gasteiger partial charge in [-0.05, 0) is 39.7 Å². The van der Waals surface area contributed by atoms with Gasteiger partial charge in [0.25, 0.3) is 0 Å². The van der Waals surface area contributed by atoms with E-state index in [1.165, 1.54) is 6.07 Å². The number of hydrogen-bond acceptors (Lipinski definition) is 5. The van der Waals surface area contributed by atoms with Gasteiger partial charge in [0.05, 0.1) is 5.54 Å². The predicted octanol–water partition coefficient (Wildman–Crippen LogP) is 3.46. The maximum atomic E-state index is 13.8. The van der Waals surface area contributed by atoms with Crippen LogP contribution in [0.15, 0.2) is 12.1 Å². The van der Waals surface area contributed by atoms with Crippen LogP contribution in [-0.2, 0) is 4.74 Å². The SMILES string of the molecule is CC(C)(C)OC(=O)N1CCN(c2cc(F)nc(C#N)c2)CC12CCCC2. The molecular formula is C19H25FN4O2. The van der Waals surface area contributed by atoms with Crippen LogP contribution in [0.3, 0.4) is 0 Å². The van der Waals surface area contributed by atoms with E-state index in [2.05, 4.69) is 9.88 Å². The van der Waals surface area contributed by atoms with Crippen molar-refractivity contribution in [3.63, 3.8) is 0 Å². The first-order valence-corrected chi connectivity index (χ1v) is 9.06. The number of nitrogens with zero attached hydrogens (tertiary/aromatic N) is 4. The molecule has 0 radical (unpaired) electrons. The van der Waals surface area contributed by atoms with Gasteiger partial charge >= 0.3 is 6.09 Å². The quantitative estimate of drug-likeness (QED) is 0.717. The topological polar surface area (TPSA) is 69.5 Å². The zero-order valence-electron chi connectivity index (χ0n) is 15.6. The monoisotopic (exact) mass is 360 g/mol. The Morgan fingerprint density at radius 2 is 2.00 bits per heavy atom. The van der Waals surface area contributed by atoms with Crippen LogP contribution in [0, 0.1) is 17.3 Å². The number of nitriles is 1. The van der Waals surface area contributed by atoms with Gasteiger partial charge in [0.2, 0.25) is 5.95 Å². The summed E-state index contributed by atoms with van der Waals surface area (Å²) in [5.74, 6) is -0.658. The zero-order chi connectivity index (χ0) is 18.9. The van der Waals surface area contributed by atoms with Crippen LogP contribution in [0.25, 0.3) is 0 Å². The highest BCUT2D eigenvalue weighted by Crippen LogP contribution is 2.40. The lowest BCUT2D eigenvalue weighted by molar-refractivity contribution is -0.00621. The number of halogens is 1. The minimum absolute atomic E-state index is 0.0649. The summed E-state index contributed by atoms with van der Waals surface area (Å²) < 4.78 is 19.4. The van der Waals surface area contributed by atoms with E-state index >= 15 is 0 Å². The summed E-state index contributed by atoms with van der Waals surface area (Å²) in [6, 6.07) is 4.86. The van der Waals surface area contributed by atoms with E-state index < -0.39 is 11.5 Å². The summed E-state index contributed by atoms with van der Waals surface area (Å²) in [6.07, 6.45) is 3.64. The van der Waals surface area contributed by atoms with Crippen molar-refractivity contribution in [3.05, 3.63) is 23.8 Å². The number of carbonyl (C=O) groups excluding carboxylic acids is 1. The van der Waals surface area contributed by atoms with Gasteiger partial charge in [0.15, 0.2) is 0 Å². The number of anilines is 1. The van der Waals surface area contributed by atoms with E-state index in [9.17, 15) is 9.18 Å². The Kier molecular flexibility index (Phi) is 4.78. The van der Waals surface area contributed by atoms with E-state index in [0.717, 1.165) is 25.7 Å². The average molecular weight is 360 g/mol. The Labute approximate surface area is 153 Å². The van der Waals surface area contributed by atoms with Gasteiger partial charge in [0.1, 0.15) is 17.4 Å². The molecule has 3 rings (SSSR count). The minimum atomic E-state index is -0.658. The van der Waals surface area contributed by atoms with Crippen LogP contribution in [0.5, 0.6) is 0 Å². The van der Waals surface area contributed by atoms with Gasteiger partial charge in [-0.3, -0.25) is 4.90 Å². The summed E-state index contributed by atoms with van der Waals surface area (Å²) in [5.41, 5.74) is -0.129. The zero-order valence-corrected chi connectivity index (χ0v) is 15.6. The standard InChI is InChI=1S/C19H25FN4O2/c1-18(2,3)26-17(25)24-9-8-23(13-19(24)6-4-5-7-19)15-10-14(12-21)22-16(20)11-15/h10-11H,4-9,13H2,1-3H3. The van der Waals surface area contributed by atoms with Crippen molar-refractivity contribution in [2.45, 2.75) is 57.6 Å². The second-order valence-corrected chi connectivity index (χ2v) is 8.13. The first-order chi connectivity index (χ1) is 12.2. The fourth-order valence-corrected chi connectivity index (χ4v) is 3.98. The molecule has 0 aromatic carbocycles. The molecule has 1 saturated heterocycles. The van der Waals surface area contributed by atoms with Gasteiger partial charge in [-0.1, -0.05) is 12.8 Å². The van der Waals surface area contributed by atoms with Crippen LogP contribution >= 0.6 is 0 Å². The number of amides is 1. The summed E-state index contributed by atoms with van der Waals surface area (Å²) in [6.45, 7) is 7.29. The molecule has 2 fully saturated rings. The Morgan fingerprint density at radius 3 is 2.62 bits per heavy atom. The molecule has 0 unspecified atom stereocenters. The summed E-state index contributed by atoms with van der Waals surface area (Å²) >= 11 is 0. The molecule has 1 aromatic rings. The van der Waals surface area contributed by atoms with Gasteiger partial charge in [-0.25, -0.2) is 9.78 Å². The molecule has 1 aromatic heterocycles. The second-order valence-electron chi connectivity index (χ2n) is 8.13. The third-order valence-electron chi connectivity index (χ3n) is 5.06. The highest BCUT2D eigenvalue weighted by Gasteiger charge is 2.47. The third-order valence-corrected chi connectivity index (χ3v) is 5.06. The number of piperazine rings is 1. The summed E-state index contributed by atoms with van der Waals surface area (Å²) in [4.78, 5) is 20.2. The molecule has 1 aliphatic heterocycles. The van der Waals surface area contributed by atoms with Crippen molar-refractivity contribution in [2.75, 3.05) is 24.5 Å². The number of rotatable bonds is 1. The minimum Gasteiger partial charge on any atom is -0.444 e. The average Bonchev–Trinajstić information content (AvgIpc) is 3.00.